The Morgan fingerprint density at radius 3 is 2.08 bits per heavy atom. The number of fused-ring (bicyclic) bond motifs is 4. The third-order valence-corrected chi connectivity index (χ3v) is 7.89. The second kappa shape index (κ2) is 8.78. The van der Waals surface area contributed by atoms with E-state index >= 15 is 0 Å². The lowest BCUT2D eigenvalue weighted by Crippen LogP contribution is -2.29. The fourth-order valence-corrected chi connectivity index (χ4v) is 5.84. The Morgan fingerprint density at radius 2 is 1.27 bits per heavy atom. The number of imide groups is 1. The molecule has 0 N–H and O–H groups in total. The molecule has 0 saturated carbocycles. The molecule has 7 rings (SSSR count). The van der Waals surface area contributed by atoms with Crippen molar-refractivity contribution in [1.29, 1.82) is 0 Å². The van der Waals surface area contributed by atoms with Gasteiger partial charge in [0.15, 0.2) is 0 Å². The molecule has 5 aromatic carbocycles. The first-order valence-corrected chi connectivity index (χ1v) is 13.5. The molecule has 40 heavy (non-hydrogen) atoms. The van der Waals surface area contributed by atoms with E-state index in [9.17, 15) is 9.59 Å². The maximum Gasteiger partial charge on any atom is 0.268 e. The van der Waals surface area contributed by atoms with Crippen molar-refractivity contribution in [3.63, 3.8) is 0 Å². The Bertz CT molecular complexity index is 1980. The van der Waals surface area contributed by atoms with Gasteiger partial charge in [0.2, 0.25) is 0 Å². The fourth-order valence-electron chi connectivity index (χ4n) is 5.84. The molecule has 0 fully saturated rings. The summed E-state index contributed by atoms with van der Waals surface area (Å²) in [7, 11) is 0. The number of rotatable bonds is 3. The van der Waals surface area contributed by atoms with E-state index < -0.39 is 0 Å². The molecule has 0 radical (unpaired) electrons. The molecule has 1 aliphatic rings. The van der Waals surface area contributed by atoms with Gasteiger partial charge in [0.25, 0.3) is 11.8 Å². The van der Waals surface area contributed by atoms with Crippen LogP contribution in [0.15, 0.2) is 115 Å². The molecule has 1 aliphatic heterocycles. The lowest BCUT2D eigenvalue weighted by molar-refractivity contribution is 0.0926. The van der Waals surface area contributed by atoms with E-state index in [0.717, 1.165) is 38.6 Å². The third-order valence-electron chi connectivity index (χ3n) is 7.89. The summed E-state index contributed by atoms with van der Waals surface area (Å²) >= 11 is 0. The van der Waals surface area contributed by atoms with Crippen LogP contribution >= 0.6 is 0 Å². The van der Waals surface area contributed by atoms with Crippen LogP contribution in [0.4, 0.5) is 5.69 Å². The first-order valence-electron chi connectivity index (χ1n) is 13.5. The quantitative estimate of drug-likeness (QED) is 0.219. The maximum atomic E-state index is 14.2. The second-order valence-corrected chi connectivity index (χ2v) is 11.4. The summed E-state index contributed by atoms with van der Waals surface area (Å²) in [5.74, 6) is -0.609. The highest BCUT2D eigenvalue weighted by molar-refractivity contribution is 6.36. The van der Waals surface area contributed by atoms with Gasteiger partial charge in [-0.3, -0.25) is 9.59 Å². The lowest BCUT2D eigenvalue weighted by atomic mass is 9.86. The van der Waals surface area contributed by atoms with Crippen molar-refractivity contribution < 1.29 is 9.59 Å². The van der Waals surface area contributed by atoms with E-state index in [0.29, 0.717) is 16.8 Å². The van der Waals surface area contributed by atoms with Crippen LogP contribution in [0.5, 0.6) is 0 Å². The Labute approximate surface area is 233 Å². The van der Waals surface area contributed by atoms with E-state index in [-0.39, 0.29) is 17.2 Å². The summed E-state index contributed by atoms with van der Waals surface area (Å²) in [5, 5.41) is 2.23. The molecule has 0 unspecified atom stereocenters. The molecule has 0 spiro atoms. The van der Waals surface area contributed by atoms with Crippen molar-refractivity contribution in [3.8, 4) is 16.8 Å². The van der Waals surface area contributed by atoms with Crippen molar-refractivity contribution >= 4 is 39.3 Å². The predicted molar refractivity (Wildman–Crippen MR) is 162 cm³/mol. The van der Waals surface area contributed by atoms with E-state index in [1.165, 1.54) is 10.5 Å². The van der Waals surface area contributed by atoms with Crippen molar-refractivity contribution in [1.82, 2.24) is 4.57 Å². The van der Waals surface area contributed by atoms with Crippen molar-refractivity contribution in [3.05, 3.63) is 132 Å². The smallest absolute Gasteiger partial charge is 0.268 e. The van der Waals surface area contributed by atoms with Crippen LogP contribution in [0.2, 0.25) is 0 Å². The average Bonchev–Trinajstić information content (AvgIpc) is 3.44. The highest BCUT2D eigenvalue weighted by atomic mass is 16.2. The number of amides is 2. The van der Waals surface area contributed by atoms with Crippen molar-refractivity contribution in [2.45, 2.75) is 26.2 Å². The number of anilines is 1. The number of hydrogen-bond acceptors (Lipinski definition) is 2. The zero-order valence-corrected chi connectivity index (χ0v) is 22.7. The van der Waals surface area contributed by atoms with Gasteiger partial charge in [-0.15, -0.1) is 0 Å². The van der Waals surface area contributed by atoms with Gasteiger partial charge in [0.1, 0.15) is 0 Å². The molecule has 0 bridgehead atoms. The molecular weight excluding hydrogens is 492 g/mol. The standard InChI is InChI=1S/C36H28N2O2/c1-36(2,3)25-19-20-28-27-15-7-8-17-30(27)38(32(28)22-25)31-18-10-16-29-33(31)35(40)37(34(29)39)26-14-9-13-24(21-26)23-11-5-4-6-12-23/h4-22H,1-3H3. The van der Waals surface area contributed by atoms with Crippen molar-refractivity contribution in [2.75, 3.05) is 4.90 Å². The minimum absolute atomic E-state index is 0.0412. The van der Waals surface area contributed by atoms with Gasteiger partial charge in [0, 0.05) is 10.8 Å². The number of benzene rings is 5. The summed E-state index contributed by atoms with van der Waals surface area (Å²) in [6.07, 6.45) is 0. The van der Waals surface area contributed by atoms with Gasteiger partial charge in [0.05, 0.1) is 33.5 Å². The summed E-state index contributed by atoms with van der Waals surface area (Å²) in [4.78, 5) is 29.3. The molecular formula is C36H28N2O2. The number of carbonyl (C=O) groups is 2. The van der Waals surface area contributed by atoms with Crippen LogP contribution in [-0.2, 0) is 5.41 Å². The SMILES string of the molecule is CC(C)(C)c1ccc2c3ccccc3n(-c3cccc4c3C(=O)N(c3cccc(-c5ccccc5)c3)C4=O)c2c1. The second-order valence-electron chi connectivity index (χ2n) is 11.4. The lowest BCUT2D eigenvalue weighted by Gasteiger charge is -2.20. The number of nitrogens with zero attached hydrogens (tertiary/aromatic N) is 2. The number of carbonyl (C=O) groups excluding carboxylic acids is 2. The van der Waals surface area contributed by atoms with Crippen LogP contribution in [-0.4, -0.2) is 16.4 Å². The van der Waals surface area contributed by atoms with E-state index in [1.54, 1.807) is 6.07 Å². The zero-order chi connectivity index (χ0) is 27.6. The first kappa shape index (κ1) is 24.1. The van der Waals surface area contributed by atoms with E-state index in [2.05, 4.69) is 55.7 Å². The Morgan fingerprint density at radius 1 is 0.575 bits per heavy atom. The number of hydrogen-bond donors (Lipinski definition) is 0. The number of aromatic nitrogens is 1. The number of para-hydroxylation sites is 1. The largest absolute Gasteiger partial charge is 0.308 e. The van der Waals surface area contributed by atoms with Crippen LogP contribution in [0.1, 0.15) is 47.1 Å². The average molecular weight is 521 g/mol. The predicted octanol–water partition coefficient (Wildman–Crippen LogP) is 8.55. The van der Waals surface area contributed by atoms with Gasteiger partial charge in [-0.2, -0.15) is 0 Å². The Hall–Kier alpha value is -4.96. The third kappa shape index (κ3) is 3.60. The molecule has 4 nitrogen and oxygen atoms in total. The topological polar surface area (TPSA) is 42.3 Å². The van der Waals surface area contributed by atoms with E-state index in [1.807, 2.05) is 78.9 Å². The van der Waals surface area contributed by atoms with Gasteiger partial charge >= 0.3 is 0 Å². The van der Waals surface area contributed by atoms with Gasteiger partial charge in [-0.05, 0) is 58.5 Å². The molecule has 2 heterocycles. The molecule has 0 saturated heterocycles. The van der Waals surface area contributed by atoms with Crippen LogP contribution < -0.4 is 4.90 Å². The normalized spacial score (nSPS) is 13.4. The Kier molecular flexibility index (Phi) is 5.29. The highest BCUT2D eigenvalue weighted by Gasteiger charge is 2.39. The molecule has 6 aromatic rings. The molecule has 0 atom stereocenters. The highest BCUT2D eigenvalue weighted by Crippen LogP contribution is 2.39. The van der Waals surface area contributed by atoms with Gasteiger partial charge in [-0.25, -0.2) is 4.90 Å². The summed E-state index contributed by atoms with van der Waals surface area (Å²) in [5.41, 5.74) is 7.30. The van der Waals surface area contributed by atoms with Crippen molar-refractivity contribution in [2.24, 2.45) is 0 Å². The van der Waals surface area contributed by atoms with E-state index in [4.69, 9.17) is 0 Å². The minimum Gasteiger partial charge on any atom is -0.308 e. The molecule has 194 valence electrons. The first-order chi connectivity index (χ1) is 19.3. The molecule has 2 amide bonds. The fraction of sp³-hybridized carbons (Fsp3) is 0.111. The van der Waals surface area contributed by atoms with Gasteiger partial charge in [-0.1, -0.05) is 99.6 Å². The molecule has 4 heteroatoms. The molecule has 1 aromatic heterocycles. The minimum atomic E-state index is -0.307. The molecule has 0 aliphatic carbocycles. The van der Waals surface area contributed by atoms with Crippen LogP contribution in [0, 0.1) is 0 Å². The van der Waals surface area contributed by atoms with Gasteiger partial charge < -0.3 is 4.57 Å². The maximum absolute atomic E-state index is 14.2. The van der Waals surface area contributed by atoms with Crippen LogP contribution in [0.3, 0.4) is 0 Å². The summed E-state index contributed by atoms with van der Waals surface area (Å²) < 4.78 is 2.15. The van der Waals surface area contributed by atoms with Crippen LogP contribution in [0.25, 0.3) is 38.6 Å². The summed E-state index contributed by atoms with van der Waals surface area (Å²) in [6.45, 7) is 6.60. The summed E-state index contributed by atoms with van der Waals surface area (Å²) in [6, 6.07) is 38.0. The Balaban J connectivity index is 1.43. The zero-order valence-electron chi connectivity index (χ0n) is 22.7. The monoisotopic (exact) mass is 520 g/mol.